The first-order chi connectivity index (χ1) is 5.90. The number of benzene rings is 1. The summed E-state index contributed by atoms with van der Waals surface area (Å²) in [4.78, 5) is 8.67. The molecule has 1 aromatic rings. The fourth-order valence-corrected chi connectivity index (χ4v) is 1.20. The molecule has 0 bridgehead atoms. The van der Waals surface area contributed by atoms with Gasteiger partial charge in [0.2, 0.25) is 0 Å². The van der Waals surface area contributed by atoms with Crippen LogP contribution in [0.5, 0.6) is 0 Å². The highest BCUT2D eigenvalue weighted by Gasteiger charge is 1.98. The van der Waals surface area contributed by atoms with Crippen molar-refractivity contribution in [2.75, 3.05) is 0 Å². The summed E-state index contributed by atoms with van der Waals surface area (Å²) in [6.07, 6.45) is 3.01. The minimum absolute atomic E-state index is 0.846. The van der Waals surface area contributed by atoms with Crippen LogP contribution in [0, 0.1) is 0 Å². The first-order valence-electron chi connectivity index (χ1n) is 4.13. The lowest BCUT2D eigenvalue weighted by Gasteiger charge is -1.82. The van der Waals surface area contributed by atoms with Gasteiger partial charge < -0.3 is 0 Å². The van der Waals surface area contributed by atoms with Crippen molar-refractivity contribution in [2.24, 2.45) is 9.98 Å². The third kappa shape index (κ3) is 1.16. The zero-order chi connectivity index (χ0) is 8.39. The number of nitrogens with zero attached hydrogens (tertiary/aromatic N) is 2. The van der Waals surface area contributed by atoms with Crippen LogP contribution in [0.2, 0.25) is 0 Å². The minimum Gasteiger partial charge on any atom is -0.227 e. The number of rotatable bonds is 1. The van der Waals surface area contributed by atoms with E-state index in [0.29, 0.717) is 0 Å². The molecule has 0 fully saturated rings. The molecule has 0 unspecified atom stereocenters. The first kappa shape index (κ1) is 7.22. The van der Waals surface area contributed by atoms with Crippen LogP contribution < -0.4 is 10.7 Å². The van der Waals surface area contributed by atoms with E-state index < -0.39 is 0 Å². The molecule has 2 heteroatoms. The molecule has 1 heterocycles. The van der Waals surface area contributed by atoms with Crippen molar-refractivity contribution >= 4 is 0 Å². The summed E-state index contributed by atoms with van der Waals surface area (Å²) in [5.74, 6) is 0.846. The Balaban J connectivity index is 2.60. The van der Waals surface area contributed by atoms with E-state index in [2.05, 4.69) is 16.9 Å². The first-order valence-corrected chi connectivity index (χ1v) is 4.13. The molecule has 60 valence electrons. The van der Waals surface area contributed by atoms with Gasteiger partial charge in [0.05, 0.1) is 10.7 Å². The second kappa shape index (κ2) is 2.89. The quantitative estimate of drug-likeness (QED) is 0.586. The Morgan fingerprint density at radius 2 is 1.75 bits per heavy atom. The van der Waals surface area contributed by atoms with Gasteiger partial charge in [-0.1, -0.05) is 19.1 Å². The summed E-state index contributed by atoms with van der Waals surface area (Å²) in [5.41, 5.74) is 0. The van der Waals surface area contributed by atoms with Gasteiger partial charge in [0.25, 0.3) is 0 Å². The smallest absolute Gasteiger partial charge is 0.149 e. The van der Waals surface area contributed by atoms with Crippen LogP contribution in [0.1, 0.15) is 13.3 Å². The van der Waals surface area contributed by atoms with Crippen molar-refractivity contribution < 1.29 is 0 Å². The summed E-state index contributed by atoms with van der Waals surface area (Å²) in [7, 11) is 0. The van der Waals surface area contributed by atoms with E-state index in [0.717, 1.165) is 23.0 Å². The molecule has 0 saturated heterocycles. The summed E-state index contributed by atoms with van der Waals surface area (Å²) in [6, 6.07) is 7.92. The predicted molar refractivity (Wildman–Crippen MR) is 47.1 cm³/mol. The molecule has 0 spiro atoms. The van der Waals surface area contributed by atoms with Crippen LogP contribution in [0.4, 0.5) is 0 Å². The van der Waals surface area contributed by atoms with Crippen molar-refractivity contribution in [3.8, 4) is 0 Å². The van der Waals surface area contributed by atoms with Gasteiger partial charge in [-0.05, 0) is 24.6 Å². The topological polar surface area (TPSA) is 24.7 Å². The molecule has 0 aliphatic carbocycles. The third-order valence-electron chi connectivity index (χ3n) is 1.74. The van der Waals surface area contributed by atoms with Crippen molar-refractivity contribution in [1.29, 1.82) is 0 Å². The molecular formula is C10H10N2. The molecule has 0 saturated carbocycles. The summed E-state index contributed by atoms with van der Waals surface area (Å²) < 4.78 is 0. The highest BCUT2D eigenvalue weighted by Crippen LogP contribution is 2.00. The Bertz CT molecular complexity index is 392. The van der Waals surface area contributed by atoms with Gasteiger partial charge in [-0.25, -0.2) is 9.98 Å². The van der Waals surface area contributed by atoms with Gasteiger partial charge in [-0.3, -0.25) is 0 Å². The molecule has 0 atom stereocenters. The second-order valence-electron chi connectivity index (χ2n) is 2.68. The molecule has 2 rings (SSSR count). The van der Waals surface area contributed by atoms with Crippen molar-refractivity contribution in [2.45, 2.75) is 13.3 Å². The summed E-state index contributed by atoms with van der Waals surface area (Å²) in [6.45, 7) is 2.08. The molecular weight excluding hydrogens is 148 g/mol. The van der Waals surface area contributed by atoms with E-state index >= 15 is 0 Å². The van der Waals surface area contributed by atoms with Crippen LogP contribution in [0.3, 0.4) is 0 Å². The van der Waals surface area contributed by atoms with E-state index in [4.69, 9.17) is 0 Å². The van der Waals surface area contributed by atoms with E-state index in [9.17, 15) is 0 Å². The largest absolute Gasteiger partial charge is 0.227 e. The average Bonchev–Trinajstić information content (AvgIpc) is 2.47. The normalized spacial score (nSPS) is 13.2. The van der Waals surface area contributed by atoms with Gasteiger partial charge in [0.1, 0.15) is 5.82 Å². The predicted octanol–water partition coefficient (Wildman–Crippen LogP) is 1.19. The van der Waals surface area contributed by atoms with Gasteiger partial charge in [-0.15, -0.1) is 0 Å². The number of para-hydroxylation sites is 2. The van der Waals surface area contributed by atoms with Gasteiger partial charge in [-0.2, -0.15) is 0 Å². The fraction of sp³-hybridized carbons (Fsp3) is 0.200. The van der Waals surface area contributed by atoms with Gasteiger partial charge in [0, 0.05) is 0 Å². The number of hydrogen-bond donors (Lipinski definition) is 0. The van der Waals surface area contributed by atoms with E-state index in [1.54, 1.807) is 0 Å². The fourth-order valence-electron chi connectivity index (χ4n) is 1.20. The Kier molecular flexibility index (Phi) is 1.74. The van der Waals surface area contributed by atoms with E-state index in [1.165, 1.54) is 0 Å². The lowest BCUT2D eigenvalue weighted by Crippen LogP contribution is -2.19. The van der Waals surface area contributed by atoms with Crippen molar-refractivity contribution in [3.63, 3.8) is 0 Å². The van der Waals surface area contributed by atoms with Crippen LogP contribution in [0.15, 0.2) is 46.1 Å². The molecule has 2 nitrogen and oxygen atoms in total. The lowest BCUT2D eigenvalue weighted by molar-refractivity contribution is 1.12. The Morgan fingerprint density at radius 1 is 1.17 bits per heavy atom. The molecule has 12 heavy (non-hydrogen) atoms. The minimum atomic E-state index is 0.846. The zero-order valence-electron chi connectivity index (χ0n) is 6.99. The number of fused-ring (bicyclic) bond motifs is 1. The lowest BCUT2D eigenvalue weighted by atomic mass is 10.3. The van der Waals surface area contributed by atoms with Crippen molar-refractivity contribution in [3.05, 3.63) is 46.9 Å². The average molecular weight is 158 g/mol. The van der Waals surface area contributed by atoms with Crippen LogP contribution in [0.25, 0.3) is 0 Å². The number of hydrogen-bond acceptors (Lipinski definition) is 2. The maximum absolute atomic E-state index is 4.34. The zero-order valence-corrected chi connectivity index (χ0v) is 6.99. The highest BCUT2D eigenvalue weighted by atomic mass is 15.0. The second-order valence-corrected chi connectivity index (χ2v) is 2.68. The number of allylic oxidation sites excluding steroid dienone is 1. The monoisotopic (exact) mass is 158 g/mol. The van der Waals surface area contributed by atoms with Gasteiger partial charge in [0.15, 0.2) is 0 Å². The summed E-state index contributed by atoms with van der Waals surface area (Å²) in [5, 5.41) is 1.97. The Labute approximate surface area is 71.0 Å². The van der Waals surface area contributed by atoms with E-state index in [1.807, 2.05) is 30.3 Å². The summed E-state index contributed by atoms with van der Waals surface area (Å²) >= 11 is 0. The molecule has 0 amide bonds. The van der Waals surface area contributed by atoms with E-state index in [-0.39, 0.29) is 0 Å². The van der Waals surface area contributed by atoms with Crippen molar-refractivity contribution in [1.82, 2.24) is 0 Å². The maximum atomic E-state index is 4.34. The van der Waals surface area contributed by atoms with Crippen LogP contribution in [-0.4, -0.2) is 0 Å². The van der Waals surface area contributed by atoms with Crippen LogP contribution >= 0.6 is 0 Å². The molecule has 1 aromatic carbocycles. The molecule has 0 radical (unpaired) electrons. The molecule has 1 aliphatic heterocycles. The highest BCUT2D eigenvalue weighted by molar-refractivity contribution is 5.12. The third-order valence-corrected chi connectivity index (χ3v) is 1.74. The molecule has 0 N–H and O–H groups in total. The maximum Gasteiger partial charge on any atom is 0.149 e. The standard InChI is InChI=1S/C10H10N2/c1-2-5-10-11-8-6-3-4-7-9(8)12-10/h3-7H,2H2,1H3. The SMILES string of the molecule is CCC=C1N=c2ccccc2=N1. The molecule has 1 aliphatic rings. The molecule has 0 aromatic heterocycles. The van der Waals surface area contributed by atoms with Gasteiger partial charge >= 0.3 is 0 Å². The Morgan fingerprint density at radius 3 is 2.25 bits per heavy atom. The van der Waals surface area contributed by atoms with Crippen LogP contribution in [-0.2, 0) is 0 Å². The Hall–Kier alpha value is -1.44.